The van der Waals surface area contributed by atoms with E-state index >= 15 is 0 Å². The molecular formula is C14H16ClNO2S. The van der Waals surface area contributed by atoms with E-state index in [-0.39, 0.29) is 0 Å². The molecule has 0 N–H and O–H groups in total. The molecule has 2 atom stereocenters. The average molecular weight is 298 g/mol. The van der Waals surface area contributed by atoms with Crippen LogP contribution in [0.5, 0.6) is 5.75 Å². The van der Waals surface area contributed by atoms with Gasteiger partial charge in [-0.1, -0.05) is 29.8 Å². The molecule has 0 amide bonds. The number of ether oxygens (including phenoxy) is 2. The van der Waals surface area contributed by atoms with E-state index in [1.165, 1.54) is 6.42 Å². The summed E-state index contributed by atoms with van der Waals surface area (Å²) in [6.07, 6.45) is 4.38. The van der Waals surface area contributed by atoms with Crippen LogP contribution in [-0.2, 0) is 4.74 Å². The number of thioether (sulfide) groups is 1. The summed E-state index contributed by atoms with van der Waals surface area (Å²) in [4.78, 5) is 4.52. The van der Waals surface area contributed by atoms with Crippen LogP contribution in [0.1, 0.15) is 25.7 Å². The van der Waals surface area contributed by atoms with Crippen LogP contribution in [-0.4, -0.2) is 22.6 Å². The zero-order valence-corrected chi connectivity index (χ0v) is 12.3. The average Bonchev–Trinajstić information content (AvgIpc) is 2.75. The zero-order valence-electron chi connectivity index (χ0n) is 10.8. The van der Waals surface area contributed by atoms with E-state index in [2.05, 4.69) is 4.99 Å². The fourth-order valence-corrected chi connectivity index (χ4v) is 4.16. The van der Waals surface area contributed by atoms with Gasteiger partial charge in [0.05, 0.1) is 18.0 Å². The van der Waals surface area contributed by atoms with Crippen molar-refractivity contribution in [1.82, 2.24) is 0 Å². The maximum atomic E-state index is 6.54. The molecule has 2 fully saturated rings. The molecule has 0 spiro atoms. The van der Waals surface area contributed by atoms with Gasteiger partial charge in [-0.3, -0.25) is 0 Å². The van der Waals surface area contributed by atoms with Gasteiger partial charge in [0.1, 0.15) is 5.75 Å². The summed E-state index contributed by atoms with van der Waals surface area (Å²) >= 11 is 8.20. The highest BCUT2D eigenvalue weighted by Gasteiger charge is 2.48. The first-order valence-corrected chi connectivity index (χ1v) is 7.73. The second-order valence-corrected chi connectivity index (χ2v) is 6.61. The normalized spacial score (nSPS) is 31.9. The van der Waals surface area contributed by atoms with Crippen LogP contribution < -0.4 is 4.74 Å². The molecule has 3 nitrogen and oxygen atoms in total. The summed E-state index contributed by atoms with van der Waals surface area (Å²) in [5.74, 6) is 0.825. The lowest BCUT2D eigenvalue weighted by Gasteiger charge is -2.30. The van der Waals surface area contributed by atoms with Gasteiger partial charge in [0, 0.05) is 6.42 Å². The standard InChI is InChI=1S/C14H16ClNO2S/c1-17-11-7-5-10(6-8-11)16-13-18-14(15)9-3-2-4-12(14)19-13/h5-8,12H,2-4,9H2,1H3. The van der Waals surface area contributed by atoms with E-state index in [0.29, 0.717) is 10.5 Å². The van der Waals surface area contributed by atoms with Crippen molar-refractivity contribution in [1.29, 1.82) is 0 Å². The summed E-state index contributed by atoms with van der Waals surface area (Å²) in [7, 11) is 1.65. The zero-order chi connectivity index (χ0) is 13.3. The monoisotopic (exact) mass is 297 g/mol. The largest absolute Gasteiger partial charge is 0.497 e. The van der Waals surface area contributed by atoms with Gasteiger partial charge in [0.25, 0.3) is 5.23 Å². The Labute approximate surface area is 122 Å². The van der Waals surface area contributed by atoms with E-state index in [4.69, 9.17) is 21.1 Å². The quantitative estimate of drug-likeness (QED) is 0.762. The predicted octanol–water partition coefficient (Wildman–Crippen LogP) is 4.32. The van der Waals surface area contributed by atoms with Crippen molar-refractivity contribution < 1.29 is 9.47 Å². The van der Waals surface area contributed by atoms with Gasteiger partial charge in [0.15, 0.2) is 5.06 Å². The van der Waals surface area contributed by atoms with Crippen molar-refractivity contribution in [2.75, 3.05) is 7.11 Å². The van der Waals surface area contributed by atoms with E-state index in [9.17, 15) is 0 Å². The number of hydrogen-bond donors (Lipinski definition) is 0. The van der Waals surface area contributed by atoms with Crippen LogP contribution in [0, 0.1) is 0 Å². The molecule has 1 aromatic carbocycles. The van der Waals surface area contributed by atoms with Crippen molar-refractivity contribution in [3.05, 3.63) is 24.3 Å². The lowest BCUT2D eigenvalue weighted by atomic mass is 9.96. The molecule has 1 saturated heterocycles. The van der Waals surface area contributed by atoms with Crippen molar-refractivity contribution in [3.8, 4) is 5.75 Å². The highest BCUT2D eigenvalue weighted by atomic mass is 35.5. The van der Waals surface area contributed by atoms with Crippen molar-refractivity contribution in [2.45, 2.75) is 36.0 Å². The fraction of sp³-hybridized carbons (Fsp3) is 0.500. The summed E-state index contributed by atoms with van der Waals surface area (Å²) in [5.41, 5.74) is 0.863. The minimum Gasteiger partial charge on any atom is -0.497 e. The Morgan fingerprint density at radius 1 is 1.37 bits per heavy atom. The Kier molecular flexibility index (Phi) is 3.63. The highest BCUT2D eigenvalue weighted by Crippen LogP contribution is 2.49. The third-order valence-electron chi connectivity index (χ3n) is 3.51. The van der Waals surface area contributed by atoms with Crippen LogP contribution in [0.3, 0.4) is 0 Å². The minimum atomic E-state index is -0.534. The number of halogens is 1. The van der Waals surface area contributed by atoms with Gasteiger partial charge in [-0.05, 0) is 37.1 Å². The molecule has 0 aromatic heterocycles. The second kappa shape index (κ2) is 5.25. The molecule has 1 heterocycles. The Bertz CT molecular complexity index is 491. The first-order valence-electron chi connectivity index (χ1n) is 6.47. The number of methoxy groups -OCH3 is 1. The highest BCUT2D eigenvalue weighted by molar-refractivity contribution is 8.14. The smallest absolute Gasteiger partial charge is 0.253 e. The molecule has 1 aliphatic heterocycles. The molecule has 1 aliphatic carbocycles. The van der Waals surface area contributed by atoms with Crippen LogP contribution in [0.15, 0.2) is 29.3 Å². The maximum absolute atomic E-state index is 6.54. The first-order chi connectivity index (χ1) is 9.19. The summed E-state index contributed by atoms with van der Waals surface area (Å²) in [6.45, 7) is 0. The Morgan fingerprint density at radius 3 is 2.84 bits per heavy atom. The topological polar surface area (TPSA) is 30.8 Å². The molecule has 2 aliphatic rings. The number of alkyl halides is 1. The molecule has 3 rings (SSSR count). The van der Waals surface area contributed by atoms with E-state index in [1.54, 1.807) is 18.9 Å². The Balaban J connectivity index is 1.77. The number of hydrogen-bond acceptors (Lipinski definition) is 4. The molecule has 19 heavy (non-hydrogen) atoms. The summed E-state index contributed by atoms with van der Waals surface area (Å²) in [5, 5.41) is 0.487. The fourth-order valence-electron chi connectivity index (χ4n) is 2.44. The molecule has 0 radical (unpaired) electrons. The number of benzene rings is 1. The maximum Gasteiger partial charge on any atom is 0.253 e. The minimum absolute atomic E-state index is 0.333. The van der Waals surface area contributed by atoms with Gasteiger partial charge in [-0.2, -0.15) is 0 Å². The van der Waals surface area contributed by atoms with Gasteiger partial charge < -0.3 is 9.47 Å². The van der Waals surface area contributed by atoms with Gasteiger partial charge >= 0.3 is 0 Å². The number of rotatable bonds is 2. The van der Waals surface area contributed by atoms with Crippen LogP contribution in [0.4, 0.5) is 5.69 Å². The third kappa shape index (κ3) is 2.70. The molecular weight excluding hydrogens is 282 g/mol. The Morgan fingerprint density at radius 2 is 2.16 bits per heavy atom. The van der Waals surface area contributed by atoms with E-state index in [1.807, 2.05) is 24.3 Å². The predicted molar refractivity (Wildman–Crippen MR) is 79.6 cm³/mol. The molecule has 1 saturated carbocycles. The Hall–Kier alpha value is -0.870. The number of fused-ring (bicyclic) bond motifs is 1. The molecule has 0 bridgehead atoms. The van der Waals surface area contributed by atoms with Crippen LogP contribution in [0.25, 0.3) is 0 Å². The lowest BCUT2D eigenvalue weighted by molar-refractivity contribution is 0.124. The lowest BCUT2D eigenvalue weighted by Crippen LogP contribution is -2.35. The van der Waals surface area contributed by atoms with E-state index < -0.39 is 5.06 Å². The van der Waals surface area contributed by atoms with Crippen molar-refractivity contribution in [2.24, 2.45) is 4.99 Å². The molecule has 1 aromatic rings. The van der Waals surface area contributed by atoms with Crippen molar-refractivity contribution >= 4 is 34.3 Å². The van der Waals surface area contributed by atoms with Crippen molar-refractivity contribution in [3.63, 3.8) is 0 Å². The SMILES string of the molecule is COc1ccc(N=C2OC3(Cl)CCCCC3S2)cc1. The van der Waals surface area contributed by atoms with Gasteiger partial charge in [-0.15, -0.1) is 0 Å². The summed E-state index contributed by atoms with van der Waals surface area (Å²) in [6, 6.07) is 7.61. The number of nitrogens with zero attached hydrogens (tertiary/aromatic N) is 1. The third-order valence-corrected chi connectivity index (χ3v) is 5.44. The van der Waals surface area contributed by atoms with E-state index in [0.717, 1.165) is 30.7 Å². The number of aliphatic imine (C=N–C) groups is 1. The van der Waals surface area contributed by atoms with Gasteiger partial charge in [0.2, 0.25) is 0 Å². The van der Waals surface area contributed by atoms with Crippen LogP contribution >= 0.6 is 23.4 Å². The molecule has 2 unspecified atom stereocenters. The molecule has 5 heteroatoms. The molecule has 102 valence electrons. The first kappa shape index (κ1) is 13.1. The van der Waals surface area contributed by atoms with Gasteiger partial charge in [-0.25, -0.2) is 4.99 Å². The second-order valence-electron chi connectivity index (χ2n) is 4.82. The van der Waals surface area contributed by atoms with Crippen LogP contribution in [0.2, 0.25) is 0 Å². The summed E-state index contributed by atoms with van der Waals surface area (Å²) < 4.78 is 11.0.